The molecule has 0 spiro atoms. The number of carbonyl (C=O) groups is 2. The normalized spacial score (nSPS) is 13.6. The minimum atomic E-state index is -0.422. The molecule has 0 aromatic heterocycles. The molecule has 0 saturated carbocycles. The molecule has 3 rings (SSSR count). The quantitative estimate of drug-likeness (QED) is 0.538. The summed E-state index contributed by atoms with van der Waals surface area (Å²) in [4.78, 5) is 23.5. The Morgan fingerprint density at radius 2 is 2.00 bits per heavy atom. The Bertz CT molecular complexity index is 781. The molecular formula is C18H15NO4. The summed E-state index contributed by atoms with van der Waals surface area (Å²) in [6.45, 7) is 0.0135. The van der Waals surface area contributed by atoms with Gasteiger partial charge in [-0.2, -0.15) is 0 Å². The van der Waals surface area contributed by atoms with Crippen LogP contribution in [0.1, 0.15) is 11.1 Å². The zero-order valence-electron chi connectivity index (χ0n) is 12.5. The molecule has 1 heterocycles. The van der Waals surface area contributed by atoms with Crippen LogP contribution in [0, 0.1) is 0 Å². The minimum Gasteiger partial charge on any atom is -0.482 e. The summed E-state index contributed by atoms with van der Waals surface area (Å²) in [6, 6.07) is 14.6. The number of anilines is 1. The highest BCUT2D eigenvalue weighted by molar-refractivity contribution is 6.21. The van der Waals surface area contributed by atoms with Gasteiger partial charge in [-0.15, -0.1) is 0 Å². The van der Waals surface area contributed by atoms with E-state index in [0.717, 1.165) is 11.1 Å². The number of fused-ring (bicyclic) bond motifs is 1. The van der Waals surface area contributed by atoms with Crippen LogP contribution in [0.5, 0.6) is 5.75 Å². The summed E-state index contributed by atoms with van der Waals surface area (Å²) in [7, 11) is 1.35. The summed E-state index contributed by atoms with van der Waals surface area (Å²) in [6.07, 6.45) is 1.72. The fraction of sp³-hybridized carbons (Fsp3) is 0.111. The van der Waals surface area contributed by atoms with Gasteiger partial charge >= 0.3 is 5.97 Å². The predicted octanol–water partition coefficient (Wildman–Crippen LogP) is 2.73. The Labute approximate surface area is 133 Å². The number of hydrogen-bond donors (Lipinski definition) is 1. The van der Waals surface area contributed by atoms with Gasteiger partial charge in [0.05, 0.1) is 18.4 Å². The van der Waals surface area contributed by atoms with Crippen LogP contribution in [0.25, 0.3) is 11.6 Å². The monoisotopic (exact) mass is 309 g/mol. The molecule has 0 fully saturated rings. The number of benzene rings is 2. The van der Waals surface area contributed by atoms with E-state index in [-0.39, 0.29) is 12.5 Å². The maximum Gasteiger partial charge on any atom is 0.338 e. The van der Waals surface area contributed by atoms with Crippen molar-refractivity contribution in [3.05, 3.63) is 59.7 Å². The van der Waals surface area contributed by atoms with Crippen molar-refractivity contribution in [2.24, 2.45) is 0 Å². The maximum absolute atomic E-state index is 12.1. The Morgan fingerprint density at radius 3 is 2.74 bits per heavy atom. The van der Waals surface area contributed by atoms with Crippen LogP contribution in [0.4, 0.5) is 5.69 Å². The summed E-state index contributed by atoms with van der Waals surface area (Å²) in [5.41, 5.74) is 2.56. The molecule has 0 aliphatic carbocycles. The summed E-state index contributed by atoms with van der Waals surface area (Å²) in [5, 5.41) is 2.75. The standard InChI is InChI=1S/C18H15NO4/c1-22-18(21)14(13-5-3-2-4-6-13)9-12-7-8-16-15(10-12)19-17(20)11-23-16/h2-10H,11H2,1H3,(H,19,20)/b14-9+. The van der Waals surface area contributed by atoms with E-state index >= 15 is 0 Å². The molecule has 23 heavy (non-hydrogen) atoms. The van der Waals surface area contributed by atoms with Crippen molar-refractivity contribution in [2.75, 3.05) is 19.0 Å². The number of amides is 1. The van der Waals surface area contributed by atoms with Gasteiger partial charge in [0.15, 0.2) is 6.61 Å². The number of ether oxygens (including phenoxy) is 2. The molecule has 1 amide bonds. The van der Waals surface area contributed by atoms with Crippen molar-refractivity contribution in [1.29, 1.82) is 0 Å². The molecule has 1 N–H and O–H groups in total. The van der Waals surface area contributed by atoms with Crippen LogP contribution >= 0.6 is 0 Å². The van der Waals surface area contributed by atoms with Gasteiger partial charge in [-0.1, -0.05) is 36.4 Å². The first kappa shape index (κ1) is 14.8. The summed E-state index contributed by atoms with van der Waals surface area (Å²) < 4.78 is 10.2. The van der Waals surface area contributed by atoms with Gasteiger partial charge in [-0.05, 0) is 29.3 Å². The van der Waals surface area contributed by atoms with E-state index in [4.69, 9.17) is 9.47 Å². The first-order valence-electron chi connectivity index (χ1n) is 7.09. The van der Waals surface area contributed by atoms with E-state index in [1.54, 1.807) is 18.2 Å². The highest BCUT2D eigenvalue weighted by Gasteiger charge is 2.17. The summed E-state index contributed by atoms with van der Waals surface area (Å²) >= 11 is 0. The van der Waals surface area contributed by atoms with Crippen molar-refractivity contribution < 1.29 is 19.1 Å². The summed E-state index contributed by atoms with van der Waals surface area (Å²) in [5.74, 6) is -0.00911. The molecule has 116 valence electrons. The van der Waals surface area contributed by atoms with E-state index in [9.17, 15) is 9.59 Å². The van der Waals surface area contributed by atoms with Crippen LogP contribution in [-0.4, -0.2) is 25.6 Å². The second kappa shape index (κ2) is 6.36. The highest BCUT2D eigenvalue weighted by Crippen LogP contribution is 2.30. The minimum absolute atomic E-state index is 0.0135. The maximum atomic E-state index is 12.1. The van der Waals surface area contributed by atoms with Crippen LogP contribution in [-0.2, 0) is 14.3 Å². The highest BCUT2D eigenvalue weighted by atomic mass is 16.5. The smallest absolute Gasteiger partial charge is 0.338 e. The lowest BCUT2D eigenvalue weighted by molar-refractivity contribution is -0.133. The lowest BCUT2D eigenvalue weighted by atomic mass is 10.0. The number of carbonyl (C=O) groups excluding carboxylic acids is 2. The SMILES string of the molecule is COC(=O)/C(=C/c1ccc2c(c1)NC(=O)CO2)c1ccccc1. The first-order chi connectivity index (χ1) is 11.2. The van der Waals surface area contributed by atoms with Gasteiger partial charge in [0.2, 0.25) is 0 Å². The molecule has 0 saturated heterocycles. The van der Waals surface area contributed by atoms with Gasteiger partial charge < -0.3 is 14.8 Å². The molecule has 0 unspecified atom stereocenters. The van der Waals surface area contributed by atoms with Crippen LogP contribution < -0.4 is 10.1 Å². The molecular weight excluding hydrogens is 294 g/mol. The fourth-order valence-corrected chi connectivity index (χ4v) is 2.34. The molecule has 5 heteroatoms. The second-order valence-electron chi connectivity index (χ2n) is 5.01. The van der Waals surface area contributed by atoms with Gasteiger partial charge in [0.25, 0.3) is 5.91 Å². The zero-order valence-corrected chi connectivity index (χ0v) is 12.5. The molecule has 0 radical (unpaired) electrons. The van der Waals surface area contributed by atoms with Gasteiger partial charge in [-0.25, -0.2) is 4.79 Å². The van der Waals surface area contributed by atoms with Crippen LogP contribution in [0.2, 0.25) is 0 Å². The Balaban J connectivity index is 2.01. The third kappa shape index (κ3) is 3.23. The van der Waals surface area contributed by atoms with Gasteiger partial charge in [0.1, 0.15) is 5.75 Å². The van der Waals surface area contributed by atoms with Crippen molar-refractivity contribution in [3.63, 3.8) is 0 Å². The fourth-order valence-electron chi connectivity index (χ4n) is 2.34. The van der Waals surface area contributed by atoms with Crippen molar-refractivity contribution in [1.82, 2.24) is 0 Å². The lowest BCUT2D eigenvalue weighted by Crippen LogP contribution is -2.25. The Hall–Kier alpha value is -3.08. The predicted molar refractivity (Wildman–Crippen MR) is 86.9 cm³/mol. The zero-order chi connectivity index (χ0) is 16.2. The van der Waals surface area contributed by atoms with Crippen molar-refractivity contribution in [2.45, 2.75) is 0 Å². The van der Waals surface area contributed by atoms with Crippen molar-refractivity contribution >= 4 is 29.2 Å². The molecule has 2 aromatic rings. The van der Waals surface area contributed by atoms with Gasteiger partial charge in [0, 0.05) is 0 Å². The number of rotatable bonds is 3. The third-order valence-electron chi connectivity index (χ3n) is 3.44. The molecule has 2 aromatic carbocycles. The van der Waals surface area contributed by atoms with E-state index in [1.165, 1.54) is 7.11 Å². The van der Waals surface area contributed by atoms with Crippen LogP contribution in [0.3, 0.4) is 0 Å². The Kier molecular flexibility index (Phi) is 4.10. The second-order valence-corrected chi connectivity index (χ2v) is 5.01. The van der Waals surface area contributed by atoms with E-state index in [2.05, 4.69) is 5.32 Å². The average Bonchev–Trinajstić information content (AvgIpc) is 2.59. The molecule has 1 aliphatic rings. The first-order valence-corrected chi connectivity index (χ1v) is 7.09. The lowest BCUT2D eigenvalue weighted by Gasteiger charge is -2.18. The number of nitrogens with one attached hydrogen (secondary N) is 1. The van der Waals surface area contributed by atoms with Crippen molar-refractivity contribution in [3.8, 4) is 5.75 Å². The average molecular weight is 309 g/mol. The molecule has 0 bridgehead atoms. The molecule has 0 atom stereocenters. The number of hydrogen-bond acceptors (Lipinski definition) is 4. The molecule has 5 nitrogen and oxygen atoms in total. The van der Waals surface area contributed by atoms with Gasteiger partial charge in [-0.3, -0.25) is 4.79 Å². The van der Waals surface area contributed by atoms with Crippen LogP contribution in [0.15, 0.2) is 48.5 Å². The number of methoxy groups -OCH3 is 1. The largest absolute Gasteiger partial charge is 0.482 e. The molecule has 1 aliphatic heterocycles. The topological polar surface area (TPSA) is 64.6 Å². The van der Waals surface area contributed by atoms with E-state index < -0.39 is 5.97 Å². The number of esters is 1. The van der Waals surface area contributed by atoms with E-state index in [1.807, 2.05) is 36.4 Å². The third-order valence-corrected chi connectivity index (χ3v) is 3.44. The van der Waals surface area contributed by atoms with E-state index in [0.29, 0.717) is 17.0 Å². The Morgan fingerprint density at radius 1 is 1.22 bits per heavy atom.